The van der Waals surface area contributed by atoms with Crippen molar-refractivity contribution in [2.24, 2.45) is 0 Å². The van der Waals surface area contributed by atoms with Gasteiger partial charge in [-0.05, 0) is 58.3 Å². The molecule has 0 heterocycles. The molecule has 0 unspecified atom stereocenters. The van der Waals surface area contributed by atoms with Crippen molar-refractivity contribution in [3.63, 3.8) is 0 Å². The molecule has 0 saturated carbocycles. The minimum absolute atomic E-state index is 1.07. The Bertz CT molecular complexity index is 368. The second kappa shape index (κ2) is 6.32. The molecular weight excluding hydrogens is 192 g/mol. The SMILES string of the molecule is C=C(C)C(=C/C(C)=C(C)/C(C)=C/C)C(=C)C. The van der Waals surface area contributed by atoms with E-state index in [9.17, 15) is 0 Å². The molecule has 0 rings (SSSR count). The smallest absolute Gasteiger partial charge is 0.0207 e. The van der Waals surface area contributed by atoms with Crippen molar-refractivity contribution in [3.05, 3.63) is 58.7 Å². The van der Waals surface area contributed by atoms with Crippen molar-refractivity contribution >= 4 is 0 Å². The first-order valence-electron chi connectivity index (χ1n) is 5.65. The third-order valence-corrected chi connectivity index (χ3v) is 2.90. The molecule has 16 heavy (non-hydrogen) atoms. The molecule has 88 valence electrons. The van der Waals surface area contributed by atoms with Gasteiger partial charge in [0.15, 0.2) is 0 Å². The van der Waals surface area contributed by atoms with Crippen LogP contribution in [0, 0.1) is 0 Å². The molecular formula is C16H24. The van der Waals surface area contributed by atoms with E-state index in [0.29, 0.717) is 0 Å². The normalized spacial score (nSPS) is 13.0. The fourth-order valence-corrected chi connectivity index (χ4v) is 1.46. The highest BCUT2D eigenvalue weighted by atomic mass is 14.1. The summed E-state index contributed by atoms with van der Waals surface area (Å²) < 4.78 is 0. The van der Waals surface area contributed by atoms with Crippen LogP contribution in [-0.2, 0) is 0 Å². The number of hydrogen-bond acceptors (Lipinski definition) is 0. The average molecular weight is 216 g/mol. The maximum atomic E-state index is 3.99. The fourth-order valence-electron chi connectivity index (χ4n) is 1.46. The van der Waals surface area contributed by atoms with Gasteiger partial charge in [0.1, 0.15) is 0 Å². The van der Waals surface area contributed by atoms with E-state index in [1.165, 1.54) is 16.7 Å². The third kappa shape index (κ3) is 4.06. The molecule has 0 heteroatoms. The number of rotatable bonds is 4. The van der Waals surface area contributed by atoms with Gasteiger partial charge in [-0.15, -0.1) is 0 Å². The summed E-state index contributed by atoms with van der Waals surface area (Å²) in [5.41, 5.74) is 7.20. The van der Waals surface area contributed by atoms with E-state index in [4.69, 9.17) is 0 Å². The van der Waals surface area contributed by atoms with Gasteiger partial charge >= 0.3 is 0 Å². The Morgan fingerprint density at radius 3 is 1.62 bits per heavy atom. The third-order valence-electron chi connectivity index (χ3n) is 2.90. The molecule has 0 fully saturated rings. The highest BCUT2D eigenvalue weighted by Gasteiger charge is 2.01. The van der Waals surface area contributed by atoms with E-state index in [-0.39, 0.29) is 0 Å². The Morgan fingerprint density at radius 1 is 0.875 bits per heavy atom. The van der Waals surface area contributed by atoms with E-state index in [1.807, 2.05) is 13.8 Å². The lowest BCUT2D eigenvalue weighted by Gasteiger charge is -2.09. The predicted molar refractivity (Wildman–Crippen MR) is 75.5 cm³/mol. The Labute approximate surface area is 101 Å². The molecule has 0 nitrogen and oxygen atoms in total. The van der Waals surface area contributed by atoms with Crippen LogP contribution in [0.5, 0.6) is 0 Å². The van der Waals surface area contributed by atoms with Crippen molar-refractivity contribution in [2.75, 3.05) is 0 Å². The van der Waals surface area contributed by atoms with E-state index in [1.54, 1.807) is 0 Å². The highest BCUT2D eigenvalue weighted by molar-refractivity contribution is 5.48. The molecule has 0 spiro atoms. The predicted octanol–water partition coefficient (Wildman–Crippen LogP) is 5.37. The standard InChI is InChI=1S/C16H24/c1-9-13(6)15(8)14(7)10-16(11(2)3)12(4)5/h9-10H,2,4H2,1,3,5-8H3/b13-9+,15-14+. The van der Waals surface area contributed by atoms with Gasteiger partial charge in [0, 0.05) is 0 Å². The topological polar surface area (TPSA) is 0 Å². The lowest BCUT2D eigenvalue weighted by Crippen LogP contribution is -1.89. The molecule has 0 aliphatic heterocycles. The first kappa shape index (κ1) is 14.7. The van der Waals surface area contributed by atoms with Crippen LogP contribution >= 0.6 is 0 Å². The van der Waals surface area contributed by atoms with Crippen LogP contribution in [-0.4, -0.2) is 0 Å². The molecule has 0 N–H and O–H groups in total. The molecule has 0 radical (unpaired) electrons. The second-order valence-electron chi connectivity index (χ2n) is 4.40. The van der Waals surface area contributed by atoms with E-state index in [0.717, 1.165) is 16.7 Å². The van der Waals surface area contributed by atoms with Crippen LogP contribution in [0.4, 0.5) is 0 Å². The molecule has 0 aromatic rings. The fraction of sp³-hybridized carbons (Fsp3) is 0.375. The minimum Gasteiger partial charge on any atom is -0.0955 e. The summed E-state index contributed by atoms with van der Waals surface area (Å²) in [5, 5.41) is 0. The zero-order valence-electron chi connectivity index (χ0n) is 11.6. The van der Waals surface area contributed by atoms with Gasteiger partial charge < -0.3 is 0 Å². The molecule has 0 saturated heterocycles. The van der Waals surface area contributed by atoms with Crippen LogP contribution in [0.1, 0.15) is 41.5 Å². The van der Waals surface area contributed by atoms with Gasteiger partial charge in [-0.25, -0.2) is 0 Å². The summed E-state index contributed by atoms with van der Waals surface area (Å²) in [7, 11) is 0. The maximum absolute atomic E-state index is 3.99. The van der Waals surface area contributed by atoms with Crippen LogP contribution < -0.4 is 0 Å². The van der Waals surface area contributed by atoms with Crippen molar-refractivity contribution in [1.29, 1.82) is 0 Å². The summed E-state index contributed by atoms with van der Waals surface area (Å²) in [5.74, 6) is 0. The van der Waals surface area contributed by atoms with Crippen molar-refractivity contribution in [1.82, 2.24) is 0 Å². The van der Waals surface area contributed by atoms with E-state index < -0.39 is 0 Å². The Hall–Kier alpha value is -1.30. The average Bonchev–Trinajstić information content (AvgIpc) is 2.22. The van der Waals surface area contributed by atoms with Gasteiger partial charge in [-0.1, -0.05) is 42.0 Å². The van der Waals surface area contributed by atoms with Crippen LogP contribution in [0.25, 0.3) is 0 Å². The Morgan fingerprint density at radius 2 is 1.31 bits per heavy atom. The minimum atomic E-state index is 1.07. The van der Waals surface area contributed by atoms with Crippen LogP contribution in [0.15, 0.2) is 58.7 Å². The molecule has 0 amide bonds. The lowest BCUT2D eigenvalue weighted by atomic mass is 9.96. The van der Waals surface area contributed by atoms with Crippen molar-refractivity contribution in [2.45, 2.75) is 41.5 Å². The first-order valence-corrected chi connectivity index (χ1v) is 5.65. The molecule has 0 aliphatic carbocycles. The van der Waals surface area contributed by atoms with Gasteiger partial charge in [0.05, 0.1) is 0 Å². The number of allylic oxidation sites excluding steroid dienone is 8. The van der Waals surface area contributed by atoms with Gasteiger partial charge in [0.2, 0.25) is 0 Å². The van der Waals surface area contributed by atoms with E-state index >= 15 is 0 Å². The van der Waals surface area contributed by atoms with E-state index in [2.05, 4.69) is 53.0 Å². The monoisotopic (exact) mass is 216 g/mol. The number of hydrogen-bond donors (Lipinski definition) is 0. The molecule has 0 aromatic carbocycles. The zero-order valence-corrected chi connectivity index (χ0v) is 11.6. The molecule has 0 aromatic heterocycles. The van der Waals surface area contributed by atoms with Crippen molar-refractivity contribution in [3.8, 4) is 0 Å². The van der Waals surface area contributed by atoms with Crippen molar-refractivity contribution < 1.29 is 0 Å². The summed E-state index contributed by atoms with van der Waals surface area (Å²) in [6, 6.07) is 0. The lowest BCUT2D eigenvalue weighted by molar-refractivity contribution is 1.24. The van der Waals surface area contributed by atoms with Gasteiger partial charge in [-0.3, -0.25) is 0 Å². The largest absolute Gasteiger partial charge is 0.0955 e. The maximum Gasteiger partial charge on any atom is -0.0207 e. The highest BCUT2D eigenvalue weighted by Crippen LogP contribution is 2.21. The first-order chi connectivity index (χ1) is 7.31. The summed E-state index contributed by atoms with van der Waals surface area (Å²) in [6.45, 7) is 20.5. The second-order valence-corrected chi connectivity index (χ2v) is 4.40. The van der Waals surface area contributed by atoms with Crippen LogP contribution in [0.3, 0.4) is 0 Å². The van der Waals surface area contributed by atoms with Gasteiger partial charge in [0.25, 0.3) is 0 Å². The Balaban J connectivity index is 5.44. The summed E-state index contributed by atoms with van der Waals surface area (Å²) in [4.78, 5) is 0. The summed E-state index contributed by atoms with van der Waals surface area (Å²) >= 11 is 0. The Kier molecular flexibility index (Phi) is 5.81. The molecule has 0 atom stereocenters. The van der Waals surface area contributed by atoms with Gasteiger partial charge in [-0.2, -0.15) is 0 Å². The molecule has 0 bridgehead atoms. The quantitative estimate of drug-likeness (QED) is 0.554. The summed E-state index contributed by atoms with van der Waals surface area (Å²) in [6.07, 6.45) is 4.31. The molecule has 0 aliphatic rings. The van der Waals surface area contributed by atoms with Crippen LogP contribution in [0.2, 0.25) is 0 Å². The zero-order chi connectivity index (χ0) is 12.9.